The Morgan fingerprint density at radius 3 is 1.45 bits per heavy atom. The number of fused-ring (bicyclic) bond motifs is 6. The maximum atomic E-state index is 10.3. The van der Waals surface area contributed by atoms with E-state index in [-0.39, 0.29) is 0 Å². The molecule has 0 fully saturated rings. The second-order valence-corrected chi connectivity index (χ2v) is 16.0. The van der Waals surface area contributed by atoms with Gasteiger partial charge in [0.05, 0.1) is 45.1 Å². The first kappa shape index (κ1) is 35.2. The predicted octanol–water partition coefficient (Wildman–Crippen LogP) is 14.0. The first-order chi connectivity index (χ1) is 28.2. The van der Waals surface area contributed by atoms with Gasteiger partial charge in [0.1, 0.15) is 0 Å². The highest BCUT2D eigenvalue weighted by atomic mass is 15.0. The number of pyridine rings is 1. The number of aryl methyl sites for hydroxylation is 6. The fourth-order valence-corrected chi connectivity index (χ4v) is 9.85. The monoisotopic (exact) mass is 746 g/mol. The van der Waals surface area contributed by atoms with Gasteiger partial charge in [-0.05, 0) is 141 Å². The molecule has 278 valence electrons. The SMILES string of the molecule is Cc1cc(C)c(-c2ccc3c(c2)c2ccccc2n3-c2ccncc2-c2ccc(C#N)cc2-n2c3ccccc3c3cc(-c4c(C)cc(C)cc4C)ccc32)c(C)c1. The van der Waals surface area contributed by atoms with E-state index in [0.29, 0.717) is 5.56 Å². The number of hydrogen-bond acceptors (Lipinski definition) is 2. The Labute approximate surface area is 338 Å². The van der Waals surface area contributed by atoms with Crippen LogP contribution in [0.25, 0.3) is 88.4 Å². The van der Waals surface area contributed by atoms with E-state index < -0.39 is 0 Å². The van der Waals surface area contributed by atoms with Gasteiger partial charge in [-0.25, -0.2) is 0 Å². The van der Waals surface area contributed by atoms with Gasteiger partial charge in [0.15, 0.2) is 0 Å². The molecule has 0 atom stereocenters. The zero-order valence-corrected chi connectivity index (χ0v) is 33.6. The van der Waals surface area contributed by atoms with Crippen molar-refractivity contribution >= 4 is 43.6 Å². The van der Waals surface area contributed by atoms with Crippen molar-refractivity contribution < 1.29 is 0 Å². The summed E-state index contributed by atoms with van der Waals surface area (Å²) in [6, 6.07) is 50.7. The van der Waals surface area contributed by atoms with E-state index >= 15 is 0 Å². The van der Waals surface area contributed by atoms with Crippen LogP contribution in [0.2, 0.25) is 0 Å². The third kappa shape index (κ3) is 5.46. The summed E-state index contributed by atoms with van der Waals surface area (Å²) in [7, 11) is 0. The molecule has 0 saturated heterocycles. The molecule has 10 rings (SSSR count). The van der Waals surface area contributed by atoms with Crippen LogP contribution in [0.15, 0.2) is 146 Å². The number of rotatable bonds is 5. The lowest BCUT2D eigenvalue weighted by molar-refractivity contribution is 1.14. The minimum absolute atomic E-state index is 0.601. The lowest BCUT2D eigenvalue weighted by Gasteiger charge is -2.18. The van der Waals surface area contributed by atoms with Crippen molar-refractivity contribution in [3.8, 4) is 50.8 Å². The van der Waals surface area contributed by atoms with Gasteiger partial charge in [-0.15, -0.1) is 0 Å². The second-order valence-electron chi connectivity index (χ2n) is 16.0. The molecule has 10 aromatic rings. The fraction of sp³-hybridized carbons (Fsp3) is 0.111. The number of hydrogen-bond donors (Lipinski definition) is 0. The summed E-state index contributed by atoms with van der Waals surface area (Å²) in [5.74, 6) is 0. The first-order valence-electron chi connectivity index (χ1n) is 19.9. The molecule has 0 aliphatic rings. The summed E-state index contributed by atoms with van der Waals surface area (Å²) in [5, 5.41) is 15.0. The zero-order valence-electron chi connectivity index (χ0n) is 33.6. The Kier molecular flexibility index (Phi) is 8.18. The van der Waals surface area contributed by atoms with Crippen molar-refractivity contribution in [2.45, 2.75) is 41.5 Å². The van der Waals surface area contributed by atoms with Crippen LogP contribution in [-0.2, 0) is 0 Å². The summed E-state index contributed by atoms with van der Waals surface area (Å²) < 4.78 is 4.72. The third-order valence-corrected chi connectivity index (χ3v) is 12.0. The van der Waals surface area contributed by atoms with Gasteiger partial charge in [-0.1, -0.05) is 90.0 Å². The van der Waals surface area contributed by atoms with Crippen LogP contribution in [0.5, 0.6) is 0 Å². The van der Waals surface area contributed by atoms with Gasteiger partial charge in [0, 0.05) is 45.1 Å². The summed E-state index contributed by atoms with van der Waals surface area (Å²) >= 11 is 0. The van der Waals surface area contributed by atoms with Gasteiger partial charge in [-0.3, -0.25) is 4.98 Å². The van der Waals surface area contributed by atoms with Gasteiger partial charge >= 0.3 is 0 Å². The minimum atomic E-state index is 0.601. The minimum Gasteiger partial charge on any atom is -0.309 e. The van der Waals surface area contributed by atoms with Crippen molar-refractivity contribution in [2.75, 3.05) is 0 Å². The van der Waals surface area contributed by atoms with Gasteiger partial charge in [-0.2, -0.15) is 5.26 Å². The maximum Gasteiger partial charge on any atom is 0.0992 e. The van der Waals surface area contributed by atoms with E-state index in [9.17, 15) is 5.26 Å². The molecule has 0 N–H and O–H groups in total. The number of aromatic nitrogens is 3. The molecule has 0 radical (unpaired) electrons. The van der Waals surface area contributed by atoms with Crippen LogP contribution < -0.4 is 0 Å². The zero-order chi connectivity index (χ0) is 39.8. The van der Waals surface area contributed by atoms with E-state index in [0.717, 1.165) is 44.6 Å². The fourth-order valence-electron chi connectivity index (χ4n) is 9.85. The molecule has 0 amide bonds. The highest BCUT2D eigenvalue weighted by molar-refractivity contribution is 6.13. The molecule has 0 bridgehead atoms. The molecule has 0 aliphatic heterocycles. The summed E-state index contributed by atoms with van der Waals surface area (Å²) in [4.78, 5) is 4.74. The number of benzene rings is 7. The molecular weight excluding hydrogens is 705 g/mol. The smallest absolute Gasteiger partial charge is 0.0992 e. The van der Waals surface area contributed by atoms with Gasteiger partial charge in [0.2, 0.25) is 0 Å². The normalized spacial score (nSPS) is 11.6. The molecule has 4 nitrogen and oxygen atoms in total. The van der Waals surface area contributed by atoms with Crippen molar-refractivity contribution in [1.82, 2.24) is 14.1 Å². The first-order valence-corrected chi connectivity index (χ1v) is 19.9. The van der Waals surface area contributed by atoms with Crippen LogP contribution in [0.1, 0.15) is 38.9 Å². The molecule has 0 aliphatic carbocycles. The summed E-state index contributed by atoms with van der Waals surface area (Å²) in [5.41, 5.74) is 21.6. The Bertz CT molecular complexity index is 3320. The van der Waals surface area contributed by atoms with Crippen molar-refractivity contribution in [1.29, 1.82) is 5.26 Å². The number of para-hydroxylation sites is 2. The largest absolute Gasteiger partial charge is 0.309 e. The second kappa shape index (κ2) is 13.5. The molecular formula is C54H42N4. The molecule has 4 heteroatoms. The maximum absolute atomic E-state index is 10.3. The third-order valence-electron chi connectivity index (χ3n) is 12.0. The van der Waals surface area contributed by atoms with Crippen molar-refractivity contribution in [2.24, 2.45) is 0 Å². The Morgan fingerprint density at radius 2 is 0.931 bits per heavy atom. The van der Waals surface area contributed by atoms with Gasteiger partial charge in [0.25, 0.3) is 0 Å². The quantitative estimate of drug-likeness (QED) is 0.176. The summed E-state index contributed by atoms with van der Waals surface area (Å²) in [6.07, 6.45) is 3.86. The highest BCUT2D eigenvalue weighted by Gasteiger charge is 2.22. The van der Waals surface area contributed by atoms with E-state index in [1.807, 2.05) is 24.5 Å². The molecule has 7 aromatic carbocycles. The van der Waals surface area contributed by atoms with Crippen molar-refractivity contribution in [3.05, 3.63) is 185 Å². The van der Waals surface area contributed by atoms with Crippen LogP contribution in [0, 0.1) is 52.9 Å². The Balaban J connectivity index is 1.22. The Morgan fingerprint density at radius 1 is 0.448 bits per heavy atom. The molecule has 0 spiro atoms. The van der Waals surface area contributed by atoms with Crippen molar-refractivity contribution in [3.63, 3.8) is 0 Å². The average molecular weight is 747 g/mol. The molecule has 0 unspecified atom stereocenters. The molecule has 3 aromatic heterocycles. The number of nitriles is 1. The number of nitrogens with zero attached hydrogens (tertiary/aromatic N) is 4. The summed E-state index contributed by atoms with van der Waals surface area (Å²) in [6.45, 7) is 13.2. The lowest BCUT2D eigenvalue weighted by atomic mass is 9.93. The van der Waals surface area contributed by atoms with Crippen LogP contribution in [0.4, 0.5) is 0 Å². The Hall–Kier alpha value is -7.22. The van der Waals surface area contributed by atoms with E-state index in [4.69, 9.17) is 4.98 Å². The average Bonchev–Trinajstić information content (AvgIpc) is 3.72. The molecule has 0 saturated carbocycles. The standard InChI is InChI=1S/C54H42N4/c1-32-23-34(3)53(35(4)24-32)39-16-19-49-44(28-39)41-11-7-9-13-47(41)57(49)51-21-22-56-31-46(51)43-18-15-38(30-55)27-52(43)58-48-14-10-8-12-42(48)45-29-40(17-20-50(45)58)54-36(5)25-33(2)26-37(54)6/h7-29,31H,1-6H3. The molecule has 3 heterocycles. The predicted molar refractivity (Wildman–Crippen MR) is 242 cm³/mol. The van der Waals surface area contributed by atoms with E-state index in [1.165, 1.54) is 77.2 Å². The van der Waals surface area contributed by atoms with Crippen LogP contribution in [-0.4, -0.2) is 14.1 Å². The topological polar surface area (TPSA) is 46.5 Å². The molecule has 58 heavy (non-hydrogen) atoms. The van der Waals surface area contributed by atoms with Gasteiger partial charge < -0.3 is 9.13 Å². The van der Waals surface area contributed by atoms with Crippen LogP contribution in [0.3, 0.4) is 0 Å². The lowest BCUT2D eigenvalue weighted by Crippen LogP contribution is -2.02. The highest BCUT2D eigenvalue weighted by Crippen LogP contribution is 2.43. The van der Waals surface area contributed by atoms with Crippen LogP contribution >= 0.6 is 0 Å². The van der Waals surface area contributed by atoms with E-state index in [2.05, 4.69) is 178 Å². The van der Waals surface area contributed by atoms with E-state index in [1.54, 1.807) is 0 Å².